The fourth-order valence-electron chi connectivity index (χ4n) is 3.89. The number of likely N-dealkylation sites (tertiary alicyclic amines) is 2. The Kier molecular flexibility index (Phi) is 9.72. The molecular formula is C20H41N3O. The summed E-state index contributed by atoms with van der Waals surface area (Å²) >= 11 is 0. The molecule has 0 aromatic heterocycles. The first kappa shape index (κ1) is 21.3. The highest BCUT2D eigenvalue weighted by molar-refractivity contribution is 5.74. The molecular weight excluding hydrogens is 298 g/mol. The van der Waals surface area contributed by atoms with E-state index in [4.69, 9.17) is 0 Å². The van der Waals surface area contributed by atoms with E-state index in [1.54, 1.807) is 0 Å². The van der Waals surface area contributed by atoms with Crippen LogP contribution in [0, 0.1) is 11.8 Å². The van der Waals surface area contributed by atoms with E-state index in [1.165, 1.54) is 45.2 Å². The number of piperidine rings is 2. The fraction of sp³-hybridized carbons (Fsp3) is 0.950. The van der Waals surface area contributed by atoms with Gasteiger partial charge in [-0.3, -0.25) is 0 Å². The van der Waals surface area contributed by atoms with E-state index in [2.05, 4.69) is 30.6 Å². The number of urea groups is 1. The van der Waals surface area contributed by atoms with Crippen LogP contribution >= 0.6 is 0 Å². The van der Waals surface area contributed by atoms with Crippen molar-refractivity contribution in [3.8, 4) is 0 Å². The molecule has 24 heavy (non-hydrogen) atoms. The number of carbonyl (C=O) groups is 1. The van der Waals surface area contributed by atoms with Crippen molar-refractivity contribution in [2.45, 2.75) is 72.8 Å². The summed E-state index contributed by atoms with van der Waals surface area (Å²) in [5.41, 5.74) is 0. The second-order valence-electron chi connectivity index (χ2n) is 7.57. The molecule has 0 N–H and O–H groups in total. The average Bonchev–Trinajstić information content (AvgIpc) is 2.63. The van der Waals surface area contributed by atoms with Crippen molar-refractivity contribution < 1.29 is 4.79 Å². The summed E-state index contributed by atoms with van der Waals surface area (Å²) in [6.07, 6.45) is 6.08. The van der Waals surface area contributed by atoms with E-state index in [9.17, 15) is 4.79 Å². The van der Waals surface area contributed by atoms with Crippen LogP contribution in [0.4, 0.5) is 4.79 Å². The van der Waals surface area contributed by atoms with E-state index >= 15 is 0 Å². The van der Waals surface area contributed by atoms with Crippen LogP contribution in [0.5, 0.6) is 0 Å². The molecule has 0 aromatic rings. The van der Waals surface area contributed by atoms with Crippen molar-refractivity contribution in [3.05, 3.63) is 0 Å². The van der Waals surface area contributed by atoms with Gasteiger partial charge in [0.15, 0.2) is 0 Å². The van der Waals surface area contributed by atoms with Crippen molar-refractivity contribution in [1.29, 1.82) is 0 Å². The van der Waals surface area contributed by atoms with E-state index in [-0.39, 0.29) is 6.03 Å². The van der Waals surface area contributed by atoms with Gasteiger partial charge in [-0.15, -0.1) is 0 Å². The van der Waals surface area contributed by atoms with Crippen molar-refractivity contribution in [2.24, 2.45) is 11.8 Å². The maximum Gasteiger partial charge on any atom is 0.319 e. The topological polar surface area (TPSA) is 26.8 Å². The van der Waals surface area contributed by atoms with Gasteiger partial charge in [-0.25, -0.2) is 4.79 Å². The Labute approximate surface area is 150 Å². The number of hydrogen-bond donors (Lipinski definition) is 0. The smallest absolute Gasteiger partial charge is 0.319 e. The van der Waals surface area contributed by atoms with Crippen molar-refractivity contribution >= 4 is 6.03 Å². The van der Waals surface area contributed by atoms with E-state index < -0.39 is 0 Å². The largest absolute Gasteiger partial charge is 0.327 e. The van der Waals surface area contributed by atoms with Gasteiger partial charge in [-0.1, -0.05) is 27.2 Å². The molecule has 0 aliphatic carbocycles. The van der Waals surface area contributed by atoms with Gasteiger partial charge < -0.3 is 14.7 Å². The maximum atomic E-state index is 12.6. The zero-order chi connectivity index (χ0) is 18.1. The molecule has 4 nitrogen and oxygen atoms in total. The minimum atomic E-state index is 0.251. The molecule has 0 aromatic carbocycles. The standard InChI is InChI=1S/C18H35N3O.C2H6/c1-5-16-6-12-21(13-7-16)18(22)19(4)14-17-8-10-20(11-9-17)15(2)3;1-2/h15-17H,5-14H2,1-4H3;1-2H3. The van der Waals surface area contributed by atoms with Gasteiger partial charge in [0.1, 0.15) is 0 Å². The molecule has 0 spiro atoms. The lowest BCUT2D eigenvalue weighted by atomic mass is 9.94. The summed E-state index contributed by atoms with van der Waals surface area (Å²) in [5.74, 6) is 1.51. The Morgan fingerprint density at radius 3 is 1.96 bits per heavy atom. The lowest BCUT2D eigenvalue weighted by Crippen LogP contribution is -2.48. The number of carbonyl (C=O) groups excluding carboxylic acids is 1. The van der Waals surface area contributed by atoms with Gasteiger partial charge in [-0.05, 0) is 64.5 Å². The molecule has 0 unspecified atom stereocenters. The zero-order valence-corrected chi connectivity index (χ0v) is 17.1. The third kappa shape index (κ3) is 6.27. The van der Waals surface area contributed by atoms with Crippen molar-refractivity contribution in [1.82, 2.24) is 14.7 Å². The van der Waals surface area contributed by atoms with Crippen molar-refractivity contribution in [3.63, 3.8) is 0 Å². The van der Waals surface area contributed by atoms with Crippen LogP contribution in [0.15, 0.2) is 0 Å². The molecule has 0 saturated carbocycles. The summed E-state index contributed by atoms with van der Waals surface area (Å²) in [4.78, 5) is 19.2. The minimum Gasteiger partial charge on any atom is -0.327 e. The number of amides is 2. The Balaban J connectivity index is 0.00000139. The molecule has 2 heterocycles. The van der Waals surface area contributed by atoms with Gasteiger partial charge in [0.25, 0.3) is 0 Å². The third-order valence-electron chi connectivity index (χ3n) is 5.70. The fourth-order valence-corrected chi connectivity index (χ4v) is 3.89. The quantitative estimate of drug-likeness (QED) is 0.763. The van der Waals surface area contributed by atoms with E-state index in [0.29, 0.717) is 12.0 Å². The second kappa shape index (κ2) is 11.0. The summed E-state index contributed by atoms with van der Waals surface area (Å²) in [6.45, 7) is 16.0. The lowest BCUT2D eigenvalue weighted by molar-refractivity contribution is 0.112. The summed E-state index contributed by atoms with van der Waals surface area (Å²) in [7, 11) is 1.99. The summed E-state index contributed by atoms with van der Waals surface area (Å²) < 4.78 is 0. The SMILES string of the molecule is CC.CCC1CCN(C(=O)N(C)CC2CCN(C(C)C)CC2)CC1. The maximum absolute atomic E-state index is 12.6. The number of hydrogen-bond acceptors (Lipinski definition) is 2. The monoisotopic (exact) mass is 339 g/mol. The normalized spacial score (nSPS) is 20.7. The van der Waals surface area contributed by atoms with Gasteiger partial charge in [0.05, 0.1) is 0 Å². The van der Waals surface area contributed by atoms with Crippen molar-refractivity contribution in [2.75, 3.05) is 39.8 Å². The number of nitrogens with zero attached hydrogens (tertiary/aromatic N) is 3. The molecule has 2 rings (SSSR count). The summed E-state index contributed by atoms with van der Waals surface area (Å²) in [5, 5.41) is 0. The van der Waals surface area contributed by atoms with Crippen LogP contribution in [0.2, 0.25) is 0 Å². The Morgan fingerprint density at radius 2 is 1.50 bits per heavy atom. The molecule has 0 bridgehead atoms. The van der Waals surface area contributed by atoms with Crippen LogP contribution in [0.25, 0.3) is 0 Å². The molecule has 2 amide bonds. The first-order valence-electron chi connectivity index (χ1n) is 10.2. The Hall–Kier alpha value is -0.770. The zero-order valence-electron chi connectivity index (χ0n) is 17.1. The first-order valence-corrected chi connectivity index (χ1v) is 10.2. The highest BCUT2D eigenvalue weighted by atomic mass is 16.2. The van der Waals surface area contributed by atoms with Gasteiger partial charge >= 0.3 is 6.03 Å². The molecule has 0 radical (unpaired) electrons. The van der Waals surface area contributed by atoms with Crippen LogP contribution in [-0.2, 0) is 0 Å². The first-order chi connectivity index (χ1) is 11.5. The van der Waals surface area contributed by atoms with E-state index in [1.807, 2.05) is 25.8 Å². The van der Waals surface area contributed by atoms with E-state index in [0.717, 1.165) is 25.6 Å². The predicted octanol–water partition coefficient (Wildman–Crippen LogP) is 4.31. The minimum absolute atomic E-state index is 0.251. The number of rotatable bonds is 4. The van der Waals surface area contributed by atoms with Crippen LogP contribution in [-0.4, -0.2) is 66.5 Å². The lowest BCUT2D eigenvalue weighted by Gasteiger charge is -2.38. The molecule has 142 valence electrons. The molecule has 2 saturated heterocycles. The molecule has 2 aliphatic rings. The Morgan fingerprint density at radius 1 is 1.00 bits per heavy atom. The third-order valence-corrected chi connectivity index (χ3v) is 5.70. The predicted molar refractivity (Wildman–Crippen MR) is 103 cm³/mol. The highest BCUT2D eigenvalue weighted by Crippen LogP contribution is 2.23. The van der Waals surface area contributed by atoms with Gasteiger partial charge in [0, 0.05) is 32.7 Å². The molecule has 4 heteroatoms. The Bertz CT molecular complexity index is 343. The molecule has 0 atom stereocenters. The summed E-state index contributed by atoms with van der Waals surface area (Å²) in [6, 6.07) is 0.904. The second-order valence-corrected chi connectivity index (χ2v) is 7.57. The van der Waals surface area contributed by atoms with Gasteiger partial charge in [-0.2, -0.15) is 0 Å². The highest BCUT2D eigenvalue weighted by Gasteiger charge is 2.27. The molecule has 2 fully saturated rings. The van der Waals surface area contributed by atoms with Gasteiger partial charge in [0.2, 0.25) is 0 Å². The van der Waals surface area contributed by atoms with Crippen LogP contribution in [0.3, 0.4) is 0 Å². The van der Waals surface area contributed by atoms with Crippen LogP contribution < -0.4 is 0 Å². The average molecular weight is 340 g/mol. The molecule has 2 aliphatic heterocycles. The van der Waals surface area contributed by atoms with Crippen LogP contribution in [0.1, 0.15) is 66.7 Å².